The quantitative estimate of drug-likeness (QED) is 0.118. The first-order chi connectivity index (χ1) is 53.5. The van der Waals surface area contributed by atoms with Crippen LogP contribution in [0.2, 0.25) is 5.02 Å². The molecule has 0 unspecified atom stereocenters. The molecule has 3 aliphatic carbocycles. The molecule has 14 amide bonds. The third kappa shape index (κ3) is 22.7. The second kappa shape index (κ2) is 40.4. The molecule has 2 saturated heterocycles. The Morgan fingerprint density at radius 1 is 0.602 bits per heavy atom. The molecule has 7 atom stereocenters. The number of nitrogens with zero attached hydrogens (tertiary/aromatic N) is 10. The Morgan fingerprint density at radius 3 is 1.77 bits per heavy atom. The number of rotatable bonds is 15. The highest BCUT2D eigenvalue weighted by molar-refractivity contribution is 6.31. The Morgan fingerprint density at radius 2 is 1.18 bits per heavy atom. The van der Waals surface area contributed by atoms with E-state index in [0.29, 0.717) is 70.9 Å². The zero-order valence-electron chi connectivity index (χ0n) is 67.6. The maximum absolute atomic E-state index is 16.0. The van der Waals surface area contributed by atoms with Crippen LogP contribution in [-0.4, -0.2) is 275 Å². The van der Waals surface area contributed by atoms with E-state index >= 15 is 33.6 Å². The van der Waals surface area contributed by atoms with Gasteiger partial charge in [-0.15, -0.1) is 0 Å². The second-order valence-corrected chi connectivity index (χ2v) is 32.9. The molecule has 2 aromatic carbocycles. The molecular formula is C82H117ClF3N13O14. The summed E-state index contributed by atoms with van der Waals surface area (Å²) in [7, 11) is 9.81. The number of imide groups is 1. The van der Waals surface area contributed by atoms with Crippen LogP contribution >= 0.6 is 11.6 Å². The highest BCUT2D eigenvalue weighted by atomic mass is 35.5. The maximum Gasteiger partial charge on any atom is 0.417 e. The number of halogens is 4. The van der Waals surface area contributed by atoms with Crippen molar-refractivity contribution in [2.24, 2.45) is 23.7 Å². The lowest BCUT2D eigenvalue weighted by Gasteiger charge is -2.43. The van der Waals surface area contributed by atoms with Gasteiger partial charge in [0, 0.05) is 75.5 Å². The zero-order chi connectivity index (χ0) is 82.9. The van der Waals surface area contributed by atoms with Crippen LogP contribution in [0.5, 0.6) is 0 Å². The Labute approximate surface area is 667 Å². The number of likely N-dealkylation sites (tertiary alicyclic amines) is 1. The molecule has 0 radical (unpaired) electrons. The molecule has 3 saturated carbocycles. The van der Waals surface area contributed by atoms with Crippen LogP contribution in [0.15, 0.2) is 54.6 Å². The van der Waals surface area contributed by atoms with Gasteiger partial charge in [-0.05, 0) is 124 Å². The van der Waals surface area contributed by atoms with E-state index in [-0.39, 0.29) is 73.6 Å². The van der Waals surface area contributed by atoms with Crippen molar-refractivity contribution in [1.29, 1.82) is 0 Å². The van der Waals surface area contributed by atoms with E-state index < -0.39 is 192 Å². The van der Waals surface area contributed by atoms with Gasteiger partial charge in [0.25, 0.3) is 11.8 Å². The van der Waals surface area contributed by atoms with Gasteiger partial charge in [-0.3, -0.25) is 72.0 Å². The highest BCUT2D eigenvalue weighted by Gasteiger charge is 2.50. The maximum atomic E-state index is 16.0. The van der Waals surface area contributed by atoms with Gasteiger partial charge in [0.1, 0.15) is 41.8 Å². The molecule has 3 N–H and O–H groups in total. The van der Waals surface area contributed by atoms with Gasteiger partial charge in [-0.2, -0.15) is 13.2 Å². The van der Waals surface area contributed by atoms with Crippen LogP contribution in [0.25, 0.3) is 0 Å². The molecule has 0 bridgehead atoms. The lowest BCUT2D eigenvalue weighted by molar-refractivity contribution is -0.157. The van der Waals surface area contributed by atoms with Crippen molar-refractivity contribution in [3.8, 4) is 0 Å². The van der Waals surface area contributed by atoms with E-state index in [9.17, 15) is 46.7 Å². The Bertz CT molecular complexity index is 3800. The van der Waals surface area contributed by atoms with Gasteiger partial charge in [-0.25, -0.2) is 0 Å². The number of likely N-dealkylation sites (N-methyl/N-ethyl adjacent to an activating group) is 7. The Hall–Kier alpha value is -8.96. The molecule has 5 fully saturated rings. The SMILES string of the molecule is CC[C@H](C)[C@@H]1NC(=O)[C@H](CC(C)C)N(C)C(=O)C[C@@H](C(=O)N2CCCCC2)N(C)C(=O)[C@H](C2CCCCC2)N(C)C(=O)C2(CCCC2)NC(=O)CN(C/C=C/CN2C(=O)c3ccccc3C2=O)C(=O)[C@@H](CCc2ccc(C(F)(F)F)c(Cl)c2)NC(=O)CN(C)C(=O)[C@H](CC2CCCCC2)N(C)C(=O)CN(C)C(=O)CN(C)C1=O. The second-order valence-electron chi connectivity index (χ2n) is 32.5. The summed E-state index contributed by atoms with van der Waals surface area (Å²) >= 11 is 6.22. The van der Waals surface area contributed by atoms with Crippen LogP contribution < -0.4 is 16.0 Å². The number of fused-ring (bicyclic) bond motifs is 1. The molecule has 8 rings (SSSR count). The van der Waals surface area contributed by atoms with E-state index in [4.69, 9.17) is 11.6 Å². The number of hydrogen-bond acceptors (Lipinski definition) is 14. The summed E-state index contributed by atoms with van der Waals surface area (Å²) in [5, 5.41) is 7.97. The van der Waals surface area contributed by atoms with E-state index in [2.05, 4.69) is 16.0 Å². The van der Waals surface area contributed by atoms with Crippen molar-refractivity contribution in [2.45, 2.75) is 223 Å². The van der Waals surface area contributed by atoms with Crippen LogP contribution in [-0.2, 0) is 70.1 Å². The number of aryl methyl sites for hydroxylation is 1. The van der Waals surface area contributed by atoms with E-state index in [1.807, 2.05) is 20.8 Å². The smallest absolute Gasteiger partial charge is 0.343 e. The molecular weight excluding hydrogens is 1480 g/mol. The Kier molecular flexibility index (Phi) is 32.0. The minimum absolute atomic E-state index is 0.0364. The molecule has 622 valence electrons. The standard InChI is InChI=1S/C82H117ClF3N13O14/c1-12-53(4)70-78(111)92(7)50-68(103)90(5)51-69(104)94(9)63(46-54-28-16-13-17-29-54)76(109)91(6)48-65(100)87-61(37-35-55-34-36-59(60(83)45-55)82(84,85)86)75(108)98(42-26-27-43-99-73(106)57-32-20-21-33-58(57)74(99)107)49-66(101)89-81(38-22-23-39-81)80(113)96(11)71(56-30-18-14-19-31-56)79(112)95(10)64(77(110)97-40-24-15-25-41-97)47-67(102)93(8)62(44-52(2)3)72(105)88-70/h20-21,26-27,32-34,36,45,52-54,56,61-64,70-71H,12-19,22-25,28-31,35,37-44,46-51H2,1-11H3,(H,87,100)(H,88,105)(H,89,101)/b27-26+/t53-,61+,62-,63-,64-,70-,71-/m0/s1. The number of benzene rings is 2. The van der Waals surface area contributed by atoms with Crippen LogP contribution in [0.3, 0.4) is 0 Å². The van der Waals surface area contributed by atoms with Crippen LogP contribution in [0.1, 0.15) is 201 Å². The number of nitrogens with one attached hydrogen (secondary N) is 3. The summed E-state index contributed by atoms with van der Waals surface area (Å²) in [6.45, 7) is 4.57. The third-order valence-corrected chi connectivity index (χ3v) is 24.1. The molecule has 2 aromatic rings. The van der Waals surface area contributed by atoms with Crippen molar-refractivity contribution in [3.63, 3.8) is 0 Å². The van der Waals surface area contributed by atoms with Crippen molar-refractivity contribution in [1.82, 2.24) is 64.9 Å². The summed E-state index contributed by atoms with van der Waals surface area (Å²) < 4.78 is 42.2. The van der Waals surface area contributed by atoms with Crippen molar-refractivity contribution < 1.29 is 80.3 Å². The van der Waals surface area contributed by atoms with E-state index in [0.717, 1.165) is 87.6 Å². The van der Waals surface area contributed by atoms with Crippen LogP contribution in [0.4, 0.5) is 13.2 Å². The first kappa shape index (κ1) is 89.6. The molecule has 1 spiro atoms. The van der Waals surface area contributed by atoms with Crippen LogP contribution in [0, 0.1) is 23.7 Å². The van der Waals surface area contributed by atoms with Crippen molar-refractivity contribution in [2.75, 3.05) is 102 Å². The lowest BCUT2D eigenvalue weighted by Crippen LogP contribution is -2.64. The minimum atomic E-state index is -4.82. The molecule has 27 nitrogen and oxygen atoms in total. The lowest BCUT2D eigenvalue weighted by atomic mass is 9.81. The minimum Gasteiger partial charge on any atom is -0.343 e. The molecule has 31 heteroatoms. The number of amides is 14. The fourth-order valence-electron chi connectivity index (χ4n) is 16.7. The van der Waals surface area contributed by atoms with Gasteiger partial charge in [0.05, 0.1) is 54.3 Å². The van der Waals surface area contributed by atoms with E-state index in [1.54, 1.807) is 24.0 Å². The number of piperidine rings is 1. The fourth-order valence-corrected chi connectivity index (χ4v) is 17.1. The van der Waals surface area contributed by atoms with Crippen molar-refractivity contribution in [3.05, 3.63) is 81.9 Å². The molecule has 113 heavy (non-hydrogen) atoms. The summed E-state index contributed by atoms with van der Waals surface area (Å²) in [6.07, 6.45) is 8.07. The first-order valence-electron chi connectivity index (χ1n) is 40.2. The molecule has 3 aliphatic heterocycles. The van der Waals surface area contributed by atoms with E-state index in [1.165, 1.54) is 93.2 Å². The normalized spacial score (nSPS) is 24.7. The van der Waals surface area contributed by atoms with Crippen molar-refractivity contribution >= 4 is 94.3 Å². The third-order valence-electron chi connectivity index (χ3n) is 23.8. The monoisotopic (exact) mass is 1600 g/mol. The van der Waals surface area contributed by atoms with Gasteiger partial charge in [-0.1, -0.05) is 140 Å². The average molecular weight is 1600 g/mol. The number of alkyl halides is 3. The summed E-state index contributed by atoms with van der Waals surface area (Å²) in [5.41, 5.74) is -2.27. The van der Waals surface area contributed by atoms with Gasteiger partial charge in [0.15, 0.2) is 0 Å². The predicted octanol–water partition coefficient (Wildman–Crippen LogP) is 7.11. The molecule has 0 aromatic heterocycles. The number of hydrogen-bond donors (Lipinski definition) is 3. The number of carbonyl (C=O) groups is 14. The molecule has 3 heterocycles. The highest BCUT2D eigenvalue weighted by Crippen LogP contribution is 2.38. The summed E-state index contributed by atoms with van der Waals surface area (Å²) in [4.78, 5) is 221. The summed E-state index contributed by atoms with van der Waals surface area (Å²) in [6, 6.07) is 1.27. The Balaban J connectivity index is 1.21. The largest absolute Gasteiger partial charge is 0.417 e. The van der Waals surface area contributed by atoms with Gasteiger partial charge >= 0.3 is 6.18 Å². The predicted molar refractivity (Wildman–Crippen MR) is 416 cm³/mol. The topological polar surface area (TPSA) is 307 Å². The molecule has 6 aliphatic rings. The fraction of sp³-hybridized carbons (Fsp3) is 0.659. The number of carbonyl (C=O) groups excluding carboxylic acids is 14. The first-order valence-corrected chi connectivity index (χ1v) is 40.6. The summed E-state index contributed by atoms with van der Waals surface area (Å²) in [5.74, 6) is -11.0. The zero-order valence-corrected chi connectivity index (χ0v) is 68.3. The average Bonchev–Trinajstić information content (AvgIpc) is 1.66. The van der Waals surface area contributed by atoms with Gasteiger partial charge < -0.3 is 60.0 Å². The van der Waals surface area contributed by atoms with Gasteiger partial charge in [0.2, 0.25) is 70.9 Å².